The van der Waals surface area contributed by atoms with E-state index >= 15 is 0 Å². The Morgan fingerprint density at radius 2 is 1.94 bits per heavy atom. The first-order chi connectivity index (χ1) is 8.49. The molecule has 94 valence electrons. The zero-order valence-electron chi connectivity index (χ0n) is 9.75. The van der Waals surface area contributed by atoms with Crippen LogP contribution in [0.5, 0.6) is 0 Å². The summed E-state index contributed by atoms with van der Waals surface area (Å²) >= 11 is 5.72. The molecule has 4 heteroatoms. The molecule has 2 rings (SSSR count). The number of nitrogens with two attached hydrogens (primary N) is 1. The van der Waals surface area contributed by atoms with E-state index in [2.05, 4.69) is 38.5 Å². The molecule has 0 radical (unpaired) electrons. The van der Waals surface area contributed by atoms with Crippen molar-refractivity contribution in [1.82, 2.24) is 0 Å². The lowest BCUT2D eigenvalue weighted by atomic mass is 9.98. The predicted octanol–water partition coefficient (Wildman–Crippen LogP) is 4.55. The molecule has 0 aromatic heterocycles. The first-order valence-corrected chi connectivity index (χ1v) is 7.33. The number of halogens is 3. The maximum absolute atomic E-state index is 13.6. The summed E-state index contributed by atoms with van der Waals surface area (Å²) < 4.78 is 15.6. The van der Waals surface area contributed by atoms with Gasteiger partial charge in [-0.2, -0.15) is 0 Å². The number of hydrogen-bond donors (Lipinski definition) is 1. The summed E-state index contributed by atoms with van der Waals surface area (Å²) in [6.07, 6.45) is 0. The van der Waals surface area contributed by atoms with Gasteiger partial charge in [-0.15, -0.1) is 0 Å². The highest BCUT2D eigenvalue weighted by Gasteiger charge is 2.14. The summed E-state index contributed by atoms with van der Waals surface area (Å²) in [7, 11) is 0. The Bertz CT molecular complexity index is 586. The van der Waals surface area contributed by atoms with Crippen molar-refractivity contribution in [2.75, 3.05) is 0 Å². The van der Waals surface area contributed by atoms with Crippen molar-refractivity contribution in [3.8, 4) is 0 Å². The normalized spacial score (nSPS) is 12.5. The second-order valence-corrected chi connectivity index (χ2v) is 6.25. The molecule has 0 bridgehead atoms. The molecule has 0 heterocycles. The molecule has 2 aromatic rings. The van der Waals surface area contributed by atoms with Crippen molar-refractivity contribution < 1.29 is 4.39 Å². The fraction of sp³-hybridized carbons (Fsp3) is 0.143. The Kier molecular flexibility index (Phi) is 4.40. The summed E-state index contributed by atoms with van der Waals surface area (Å²) in [5.74, 6) is -0.218. The second-order valence-electron chi connectivity index (χ2n) is 4.15. The van der Waals surface area contributed by atoms with E-state index in [1.54, 1.807) is 13.0 Å². The molecule has 2 aromatic carbocycles. The Labute approximate surface area is 128 Å². The molecule has 1 atom stereocenters. The zero-order valence-corrected chi connectivity index (χ0v) is 13.5. The van der Waals surface area contributed by atoms with Gasteiger partial charge in [0.1, 0.15) is 5.82 Å². The quantitative estimate of drug-likeness (QED) is 0.710. The van der Waals surface area contributed by atoms with E-state index in [4.69, 9.17) is 5.73 Å². The van der Waals surface area contributed by atoms with Crippen LogP contribution in [0.3, 0.4) is 0 Å². The molecular weight excluding hydrogens is 408 g/mol. The average Bonchev–Trinajstić information content (AvgIpc) is 2.35. The van der Waals surface area contributed by atoms with Gasteiger partial charge in [-0.25, -0.2) is 4.39 Å². The van der Waals surface area contributed by atoms with E-state index in [0.717, 1.165) is 19.2 Å². The molecule has 1 unspecified atom stereocenters. The highest BCUT2D eigenvalue weighted by molar-refractivity contribution is 14.1. The molecule has 0 aliphatic heterocycles. The Hall–Kier alpha value is -0.460. The van der Waals surface area contributed by atoms with Gasteiger partial charge in [-0.05, 0) is 70.5 Å². The molecular formula is C14H12BrFIN. The van der Waals surface area contributed by atoms with Crippen LogP contribution in [0.1, 0.15) is 22.7 Å². The van der Waals surface area contributed by atoms with Gasteiger partial charge < -0.3 is 5.73 Å². The topological polar surface area (TPSA) is 26.0 Å². The lowest BCUT2D eigenvalue weighted by Crippen LogP contribution is -2.13. The highest BCUT2D eigenvalue weighted by Crippen LogP contribution is 2.29. The second kappa shape index (κ2) is 5.67. The van der Waals surface area contributed by atoms with Crippen LogP contribution in [-0.4, -0.2) is 0 Å². The molecule has 1 nitrogen and oxygen atoms in total. The third-order valence-electron chi connectivity index (χ3n) is 2.85. The standard InChI is InChI=1S/C14H12BrFIN/c1-8-2-3-9(6-13(8)16)14(18)11-7-10(17)4-5-12(11)15/h2-7,14H,18H2,1H3. The lowest BCUT2D eigenvalue weighted by molar-refractivity contribution is 0.614. The smallest absolute Gasteiger partial charge is 0.126 e. The maximum Gasteiger partial charge on any atom is 0.126 e. The number of aryl methyl sites for hydroxylation is 1. The van der Waals surface area contributed by atoms with Gasteiger partial charge in [0, 0.05) is 8.04 Å². The SMILES string of the molecule is Cc1ccc(C(N)c2cc(I)ccc2Br)cc1F. The predicted molar refractivity (Wildman–Crippen MR) is 84.0 cm³/mol. The van der Waals surface area contributed by atoms with Crippen molar-refractivity contribution >= 4 is 38.5 Å². The van der Waals surface area contributed by atoms with Crippen molar-refractivity contribution in [1.29, 1.82) is 0 Å². The first-order valence-electron chi connectivity index (χ1n) is 5.45. The third-order valence-corrected chi connectivity index (χ3v) is 4.24. The Balaban J connectivity index is 2.44. The van der Waals surface area contributed by atoms with E-state index in [9.17, 15) is 4.39 Å². The number of rotatable bonds is 2. The van der Waals surface area contributed by atoms with E-state index in [-0.39, 0.29) is 11.9 Å². The zero-order chi connectivity index (χ0) is 13.3. The molecule has 18 heavy (non-hydrogen) atoms. The van der Waals surface area contributed by atoms with Crippen LogP contribution in [-0.2, 0) is 0 Å². The summed E-state index contributed by atoms with van der Waals surface area (Å²) in [6, 6.07) is 10.8. The van der Waals surface area contributed by atoms with Crippen molar-refractivity contribution in [2.45, 2.75) is 13.0 Å². The molecule has 0 saturated heterocycles. The Morgan fingerprint density at radius 3 is 2.61 bits per heavy atom. The largest absolute Gasteiger partial charge is 0.320 e. The number of benzene rings is 2. The van der Waals surface area contributed by atoms with Crippen LogP contribution in [0, 0.1) is 16.3 Å². The highest BCUT2D eigenvalue weighted by atomic mass is 127. The van der Waals surface area contributed by atoms with Crippen LogP contribution in [0.4, 0.5) is 4.39 Å². The molecule has 2 N–H and O–H groups in total. The van der Waals surface area contributed by atoms with Crippen molar-refractivity contribution in [3.05, 3.63) is 66.9 Å². The van der Waals surface area contributed by atoms with Gasteiger partial charge in [0.05, 0.1) is 6.04 Å². The van der Waals surface area contributed by atoms with Gasteiger partial charge in [0.25, 0.3) is 0 Å². The minimum atomic E-state index is -0.329. The van der Waals surface area contributed by atoms with E-state index in [0.29, 0.717) is 5.56 Å². The van der Waals surface area contributed by atoms with Crippen LogP contribution < -0.4 is 5.73 Å². The van der Waals surface area contributed by atoms with E-state index in [1.807, 2.05) is 24.3 Å². The molecule has 0 aliphatic carbocycles. The fourth-order valence-corrected chi connectivity index (χ4v) is 2.74. The summed E-state index contributed by atoms with van der Waals surface area (Å²) in [6.45, 7) is 1.74. The van der Waals surface area contributed by atoms with Crippen LogP contribution >= 0.6 is 38.5 Å². The van der Waals surface area contributed by atoms with Gasteiger partial charge >= 0.3 is 0 Å². The minimum Gasteiger partial charge on any atom is -0.320 e. The maximum atomic E-state index is 13.6. The minimum absolute atomic E-state index is 0.218. The summed E-state index contributed by atoms with van der Waals surface area (Å²) in [5.41, 5.74) is 8.58. The number of hydrogen-bond acceptors (Lipinski definition) is 1. The molecule has 0 fully saturated rings. The third kappa shape index (κ3) is 2.92. The van der Waals surface area contributed by atoms with Crippen molar-refractivity contribution in [3.63, 3.8) is 0 Å². The molecule has 0 saturated carbocycles. The van der Waals surface area contributed by atoms with Crippen LogP contribution in [0.25, 0.3) is 0 Å². The van der Waals surface area contributed by atoms with Crippen LogP contribution in [0.2, 0.25) is 0 Å². The molecule has 0 spiro atoms. The Morgan fingerprint density at radius 1 is 1.22 bits per heavy atom. The van der Waals surface area contributed by atoms with E-state index < -0.39 is 0 Å². The average molecular weight is 420 g/mol. The monoisotopic (exact) mass is 419 g/mol. The first kappa shape index (κ1) is 14.0. The fourth-order valence-electron chi connectivity index (χ4n) is 1.74. The summed E-state index contributed by atoms with van der Waals surface area (Å²) in [4.78, 5) is 0. The molecule has 0 aliphatic rings. The van der Waals surface area contributed by atoms with Gasteiger partial charge in [0.2, 0.25) is 0 Å². The molecule has 0 amide bonds. The van der Waals surface area contributed by atoms with Gasteiger partial charge in [-0.3, -0.25) is 0 Å². The summed E-state index contributed by atoms with van der Waals surface area (Å²) in [5, 5.41) is 0. The van der Waals surface area contributed by atoms with Crippen LogP contribution in [0.15, 0.2) is 40.9 Å². The van der Waals surface area contributed by atoms with Crippen molar-refractivity contribution in [2.24, 2.45) is 5.73 Å². The lowest BCUT2D eigenvalue weighted by Gasteiger charge is -2.15. The van der Waals surface area contributed by atoms with E-state index in [1.165, 1.54) is 6.07 Å². The van der Waals surface area contributed by atoms with Gasteiger partial charge in [-0.1, -0.05) is 28.1 Å². The van der Waals surface area contributed by atoms with Gasteiger partial charge in [0.15, 0.2) is 0 Å².